The van der Waals surface area contributed by atoms with E-state index in [1.165, 1.54) is 0 Å². The Hall–Kier alpha value is -2.62. The van der Waals surface area contributed by atoms with Gasteiger partial charge in [0, 0.05) is 37.8 Å². The molecule has 138 valence electrons. The quantitative estimate of drug-likeness (QED) is 0.773. The Balaban J connectivity index is 2.15. The molecule has 0 heterocycles. The maximum Gasteiger partial charge on any atom is 0.228 e. The first-order chi connectivity index (χ1) is 12.3. The van der Waals surface area contributed by atoms with Crippen molar-refractivity contribution < 1.29 is 9.59 Å². The maximum absolute atomic E-state index is 12.8. The minimum Gasteiger partial charge on any atom is -0.313 e. The van der Waals surface area contributed by atoms with E-state index < -0.39 is 0 Å². The highest BCUT2D eigenvalue weighted by Crippen LogP contribution is 2.22. The summed E-state index contributed by atoms with van der Waals surface area (Å²) in [6.07, 6.45) is 0.286. The number of nitrogens with zero attached hydrogens (tertiary/aromatic N) is 2. The van der Waals surface area contributed by atoms with Crippen LogP contribution in [0.15, 0.2) is 42.5 Å². The van der Waals surface area contributed by atoms with Crippen molar-refractivity contribution >= 4 is 23.2 Å². The van der Waals surface area contributed by atoms with Crippen LogP contribution in [0.5, 0.6) is 0 Å². The molecular weight excluding hydrogens is 324 g/mol. The van der Waals surface area contributed by atoms with Crippen LogP contribution in [0.25, 0.3) is 0 Å². The van der Waals surface area contributed by atoms with Gasteiger partial charge in [0.25, 0.3) is 0 Å². The molecule has 0 aromatic heterocycles. The zero-order chi connectivity index (χ0) is 19.3. The summed E-state index contributed by atoms with van der Waals surface area (Å²) in [5.74, 6) is -0.0301. The van der Waals surface area contributed by atoms with Crippen molar-refractivity contribution in [2.45, 2.75) is 41.0 Å². The van der Waals surface area contributed by atoms with Crippen LogP contribution in [-0.2, 0) is 9.59 Å². The molecule has 0 saturated heterocycles. The van der Waals surface area contributed by atoms with Crippen molar-refractivity contribution in [3.05, 3.63) is 59.2 Å². The Bertz CT molecular complexity index is 798. The lowest BCUT2D eigenvalue weighted by Crippen LogP contribution is -2.36. The van der Waals surface area contributed by atoms with Gasteiger partial charge in [-0.2, -0.15) is 0 Å². The topological polar surface area (TPSA) is 40.6 Å². The number of amides is 2. The van der Waals surface area contributed by atoms with E-state index in [4.69, 9.17) is 0 Å². The largest absolute Gasteiger partial charge is 0.313 e. The van der Waals surface area contributed by atoms with E-state index in [0.717, 1.165) is 28.1 Å². The minimum absolute atomic E-state index is 0.0223. The summed E-state index contributed by atoms with van der Waals surface area (Å²) in [5.41, 5.74) is 5.09. The SMILES string of the molecule is CCN(C(=O)CCN(C(C)=O)c1ccc(C)cc1C)c1cccc(C)c1. The second-order valence-corrected chi connectivity index (χ2v) is 6.69. The van der Waals surface area contributed by atoms with Crippen molar-refractivity contribution in [3.8, 4) is 0 Å². The van der Waals surface area contributed by atoms with Gasteiger partial charge in [-0.3, -0.25) is 9.59 Å². The molecule has 0 radical (unpaired) electrons. The first kappa shape index (κ1) is 19.7. The van der Waals surface area contributed by atoms with Crippen LogP contribution in [0.1, 0.15) is 37.0 Å². The van der Waals surface area contributed by atoms with Crippen LogP contribution >= 0.6 is 0 Å². The van der Waals surface area contributed by atoms with E-state index in [-0.39, 0.29) is 18.2 Å². The Morgan fingerprint density at radius 2 is 1.62 bits per heavy atom. The van der Waals surface area contributed by atoms with Crippen molar-refractivity contribution in [2.75, 3.05) is 22.9 Å². The summed E-state index contributed by atoms with van der Waals surface area (Å²) in [6.45, 7) is 10.5. The van der Waals surface area contributed by atoms with E-state index in [9.17, 15) is 9.59 Å². The van der Waals surface area contributed by atoms with Crippen LogP contribution in [-0.4, -0.2) is 24.9 Å². The Morgan fingerprint density at radius 3 is 2.19 bits per heavy atom. The summed E-state index contributed by atoms with van der Waals surface area (Å²) in [6, 6.07) is 13.9. The number of benzene rings is 2. The smallest absolute Gasteiger partial charge is 0.228 e. The number of aryl methyl sites for hydroxylation is 3. The third kappa shape index (κ3) is 4.72. The zero-order valence-electron chi connectivity index (χ0n) is 16.4. The summed E-state index contributed by atoms with van der Waals surface area (Å²) < 4.78 is 0. The number of hydrogen-bond donors (Lipinski definition) is 0. The number of anilines is 2. The molecule has 0 atom stereocenters. The normalized spacial score (nSPS) is 10.5. The first-order valence-corrected chi connectivity index (χ1v) is 9.06. The summed E-state index contributed by atoms with van der Waals surface area (Å²) in [5, 5.41) is 0. The standard InChI is InChI=1S/C22H28N2O2/c1-6-23(20-9-7-8-16(2)15-20)22(26)12-13-24(19(5)25)21-11-10-17(3)14-18(21)4/h7-11,14-15H,6,12-13H2,1-5H3. The molecule has 0 aliphatic rings. The fourth-order valence-corrected chi connectivity index (χ4v) is 3.20. The molecule has 0 fully saturated rings. The van der Waals surface area contributed by atoms with Crippen molar-refractivity contribution in [2.24, 2.45) is 0 Å². The number of carbonyl (C=O) groups excluding carboxylic acids is 2. The van der Waals surface area contributed by atoms with Crippen molar-refractivity contribution in [3.63, 3.8) is 0 Å². The molecule has 2 rings (SSSR count). The third-order valence-electron chi connectivity index (χ3n) is 4.50. The highest BCUT2D eigenvalue weighted by atomic mass is 16.2. The number of carbonyl (C=O) groups is 2. The molecule has 0 saturated carbocycles. The molecule has 0 N–H and O–H groups in total. The van der Waals surface area contributed by atoms with E-state index in [2.05, 4.69) is 6.07 Å². The van der Waals surface area contributed by atoms with E-state index in [1.807, 2.05) is 64.1 Å². The predicted molar refractivity (Wildman–Crippen MR) is 108 cm³/mol. The van der Waals surface area contributed by atoms with E-state index >= 15 is 0 Å². The molecule has 0 spiro atoms. The van der Waals surface area contributed by atoms with Crippen LogP contribution in [0.4, 0.5) is 11.4 Å². The molecule has 0 unspecified atom stereocenters. The molecular formula is C22H28N2O2. The van der Waals surface area contributed by atoms with Gasteiger partial charge >= 0.3 is 0 Å². The molecule has 4 nitrogen and oxygen atoms in total. The average Bonchev–Trinajstić information content (AvgIpc) is 2.57. The highest BCUT2D eigenvalue weighted by Gasteiger charge is 2.19. The van der Waals surface area contributed by atoms with Crippen molar-refractivity contribution in [1.82, 2.24) is 0 Å². The fraction of sp³-hybridized carbons (Fsp3) is 0.364. The van der Waals surface area contributed by atoms with Gasteiger partial charge in [-0.1, -0.05) is 29.8 Å². The molecule has 4 heteroatoms. The van der Waals surface area contributed by atoms with Gasteiger partial charge in [-0.25, -0.2) is 0 Å². The van der Waals surface area contributed by atoms with Gasteiger partial charge in [0.1, 0.15) is 0 Å². The molecule has 2 amide bonds. The lowest BCUT2D eigenvalue weighted by atomic mass is 10.1. The molecule has 2 aromatic carbocycles. The third-order valence-corrected chi connectivity index (χ3v) is 4.50. The summed E-state index contributed by atoms with van der Waals surface area (Å²) in [7, 11) is 0. The monoisotopic (exact) mass is 352 g/mol. The average molecular weight is 352 g/mol. The Morgan fingerprint density at radius 1 is 0.923 bits per heavy atom. The van der Waals surface area contributed by atoms with Crippen molar-refractivity contribution in [1.29, 1.82) is 0 Å². The molecule has 0 aliphatic heterocycles. The summed E-state index contributed by atoms with van der Waals surface area (Å²) in [4.78, 5) is 28.4. The Kier molecular flexibility index (Phi) is 6.56. The van der Waals surface area contributed by atoms with E-state index in [0.29, 0.717) is 13.1 Å². The molecule has 0 bridgehead atoms. The van der Waals surface area contributed by atoms with Gasteiger partial charge in [0.05, 0.1) is 0 Å². The fourth-order valence-electron chi connectivity index (χ4n) is 3.20. The molecule has 26 heavy (non-hydrogen) atoms. The Labute approximate surface area is 156 Å². The lowest BCUT2D eigenvalue weighted by Gasteiger charge is -2.26. The van der Waals surface area contributed by atoms with Gasteiger partial charge in [-0.15, -0.1) is 0 Å². The van der Waals surface area contributed by atoms with E-state index in [1.54, 1.807) is 16.7 Å². The molecule has 2 aromatic rings. The minimum atomic E-state index is -0.0524. The van der Waals surface area contributed by atoms with Crippen LogP contribution < -0.4 is 9.80 Å². The van der Waals surface area contributed by atoms with Gasteiger partial charge in [0.15, 0.2) is 0 Å². The van der Waals surface area contributed by atoms with Crippen LogP contribution in [0, 0.1) is 20.8 Å². The number of hydrogen-bond acceptors (Lipinski definition) is 2. The number of rotatable bonds is 6. The molecule has 0 aliphatic carbocycles. The van der Waals surface area contributed by atoms with Gasteiger partial charge < -0.3 is 9.80 Å². The maximum atomic E-state index is 12.8. The van der Waals surface area contributed by atoms with Gasteiger partial charge in [0.2, 0.25) is 11.8 Å². The predicted octanol–water partition coefficient (Wildman–Crippen LogP) is 4.41. The highest BCUT2D eigenvalue weighted by molar-refractivity contribution is 5.96. The second-order valence-electron chi connectivity index (χ2n) is 6.69. The lowest BCUT2D eigenvalue weighted by molar-refractivity contribution is -0.118. The van der Waals surface area contributed by atoms with Crippen LogP contribution in [0.3, 0.4) is 0 Å². The first-order valence-electron chi connectivity index (χ1n) is 9.06. The second kappa shape index (κ2) is 8.65. The van der Waals surface area contributed by atoms with Crippen LogP contribution in [0.2, 0.25) is 0 Å². The summed E-state index contributed by atoms with van der Waals surface area (Å²) >= 11 is 0. The van der Waals surface area contributed by atoms with Gasteiger partial charge in [-0.05, 0) is 57.0 Å². The zero-order valence-corrected chi connectivity index (χ0v) is 16.4.